The van der Waals surface area contributed by atoms with Crippen LogP contribution in [0, 0.1) is 5.82 Å². The minimum Gasteiger partial charge on any atom is -0.357 e. The zero-order valence-corrected chi connectivity index (χ0v) is 17.9. The van der Waals surface area contributed by atoms with E-state index in [1.54, 1.807) is 9.80 Å². The van der Waals surface area contributed by atoms with Crippen molar-refractivity contribution in [3.8, 4) is 0 Å². The second-order valence-corrected chi connectivity index (χ2v) is 8.72. The number of imide groups is 2. The van der Waals surface area contributed by atoms with E-state index in [9.17, 15) is 24.0 Å². The number of hydrogen-bond acceptors (Lipinski definition) is 7. The van der Waals surface area contributed by atoms with Crippen LogP contribution in [-0.2, 0) is 14.4 Å². The summed E-state index contributed by atoms with van der Waals surface area (Å²) in [4.78, 5) is 67.0. The van der Waals surface area contributed by atoms with Crippen LogP contribution in [0.15, 0.2) is 12.1 Å². The third-order valence-corrected chi connectivity index (χ3v) is 6.78. The molecule has 0 radical (unpaired) electrons. The molecular formula is C22H24FN5O5. The number of nitrogens with zero attached hydrogens (tertiary/aromatic N) is 3. The lowest BCUT2D eigenvalue weighted by Gasteiger charge is -2.34. The number of fused-ring (bicyclic) bond motifs is 1. The molecule has 3 fully saturated rings. The highest BCUT2D eigenvalue weighted by atomic mass is 19.1. The van der Waals surface area contributed by atoms with Crippen LogP contribution in [-0.4, -0.2) is 84.1 Å². The molecule has 0 aromatic heterocycles. The smallest absolute Gasteiger partial charge is 0.262 e. The molecular weight excluding hydrogens is 433 g/mol. The molecule has 1 aromatic carbocycles. The quantitative estimate of drug-likeness (QED) is 0.595. The Hall–Kier alpha value is -3.34. The fourth-order valence-corrected chi connectivity index (χ4v) is 5.11. The van der Waals surface area contributed by atoms with Gasteiger partial charge in [-0.3, -0.25) is 34.2 Å². The largest absolute Gasteiger partial charge is 0.357 e. The van der Waals surface area contributed by atoms with Gasteiger partial charge in [-0.25, -0.2) is 4.39 Å². The van der Waals surface area contributed by atoms with Gasteiger partial charge < -0.3 is 15.1 Å². The summed E-state index contributed by atoms with van der Waals surface area (Å²) < 4.78 is 15.2. The number of hydrogen-bond donors (Lipinski definition) is 2. The van der Waals surface area contributed by atoms with E-state index in [2.05, 4.69) is 10.6 Å². The summed E-state index contributed by atoms with van der Waals surface area (Å²) in [5.74, 6) is -3.40. The Morgan fingerprint density at radius 1 is 0.970 bits per heavy atom. The van der Waals surface area contributed by atoms with Gasteiger partial charge in [0.2, 0.25) is 17.7 Å². The van der Waals surface area contributed by atoms with Gasteiger partial charge in [-0.1, -0.05) is 0 Å². The third-order valence-electron chi connectivity index (χ3n) is 6.78. The van der Waals surface area contributed by atoms with Gasteiger partial charge in [0.25, 0.3) is 11.8 Å². The average Bonchev–Trinajstić information content (AvgIpc) is 3.37. The second kappa shape index (κ2) is 8.22. The predicted octanol–water partition coefficient (Wildman–Crippen LogP) is -0.372. The minimum absolute atomic E-state index is 0.00127. The molecule has 0 bridgehead atoms. The van der Waals surface area contributed by atoms with Crippen LogP contribution in [0.3, 0.4) is 0 Å². The third kappa shape index (κ3) is 3.56. The molecule has 4 heterocycles. The van der Waals surface area contributed by atoms with E-state index in [4.69, 9.17) is 0 Å². The number of benzene rings is 1. The van der Waals surface area contributed by atoms with Crippen LogP contribution >= 0.6 is 0 Å². The van der Waals surface area contributed by atoms with Gasteiger partial charge in [-0.15, -0.1) is 0 Å². The van der Waals surface area contributed by atoms with Gasteiger partial charge in [-0.05, 0) is 31.4 Å². The van der Waals surface area contributed by atoms with E-state index in [0.29, 0.717) is 45.6 Å². The topological polar surface area (TPSA) is 119 Å². The van der Waals surface area contributed by atoms with Crippen molar-refractivity contribution in [3.05, 3.63) is 29.1 Å². The molecule has 0 saturated carbocycles. The maximum absolute atomic E-state index is 15.2. The van der Waals surface area contributed by atoms with E-state index in [1.807, 2.05) is 0 Å². The van der Waals surface area contributed by atoms with Crippen LogP contribution in [0.2, 0.25) is 0 Å². The molecule has 1 unspecified atom stereocenters. The summed E-state index contributed by atoms with van der Waals surface area (Å²) in [6, 6.07) is 0.686. The Bertz CT molecular complexity index is 1070. The van der Waals surface area contributed by atoms with Crippen molar-refractivity contribution in [2.24, 2.45) is 0 Å². The van der Waals surface area contributed by atoms with E-state index >= 15 is 4.39 Å². The number of nitrogens with one attached hydrogen (secondary N) is 2. The molecule has 33 heavy (non-hydrogen) atoms. The van der Waals surface area contributed by atoms with Crippen LogP contribution in [0.4, 0.5) is 10.1 Å². The standard InChI is InChI=1S/C22H24FN5O5/c23-14-10-12-13(21(32)28(20(12)31)15-3-4-18(29)25-19(15)30)11-17(14)27-7-1-2-16(27)22(33)26-8-5-24-6-9-26/h10-11,15-16,24H,1-9H2,(H,25,29,30)/t15?,16-/m1/s1. The van der Waals surface area contributed by atoms with Gasteiger partial charge in [0.15, 0.2) is 0 Å². The number of anilines is 1. The van der Waals surface area contributed by atoms with Crippen molar-refractivity contribution >= 4 is 35.2 Å². The summed E-state index contributed by atoms with van der Waals surface area (Å²) in [6.45, 7) is 3.04. The van der Waals surface area contributed by atoms with E-state index < -0.39 is 41.5 Å². The first-order valence-corrected chi connectivity index (χ1v) is 11.2. The molecule has 10 nitrogen and oxygen atoms in total. The van der Waals surface area contributed by atoms with Gasteiger partial charge in [0.1, 0.15) is 17.9 Å². The van der Waals surface area contributed by atoms with Crippen molar-refractivity contribution in [3.63, 3.8) is 0 Å². The molecule has 2 N–H and O–H groups in total. The summed E-state index contributed by atoms with van der Waals surface area (Å²) in [5, 5.41) is 5.34. The molecule has 4 aliphatic heterocycles. The Kier molecular flexibility index (Phi) is 5.35. The zero-order chi connectivity index (χ0) is 23.3. The SMILES string of the molecule is O=C1CCC(N2C(=O)c3cc(F)c(N4CCC[C@@H]4C(=O)N4CCNCC4)cc3C2=O)C(=O)N1. The van der Waals surface area contributed by atoms with E-state index in [0.717, 1.165) is 11.0 Å². The summed E-state index contributed by atoms with van der Waals surface area (Å²) in [7, 11) is 0. The lowest BCUT2D eigenvalue weighted by molar-refractivity contribution is -0.136. The number of piperazine rings is 1. The second-order valence-electron chi connectivity index (χ2n) is 8.72. The molecule has 5 rings (SSSR count). The van der Waals surface area contributed by atoms with Gasteiger partial charge in [0, 0.05) is 39.1 Å². The Labute approximate surface area is 189 Å². The Morgan fingerprint density at radius 3 is 2.36 bits per heavy atom. The van der Waals surface area contributed by atoms with Crippen molar-refractivity contribution in [2.75, 3.05) is 37.6 Å². The van der Waals surface area contributed by atoms with Crippen LogP contribution in [0.25, 0.3) is 0 Å². The molecule has 4 aliphatic rings. The van der Waals surface area contributed by atoms with E-state index in [-0.39, 0.29) is 35.6 Å². The average molecular weight is 457 g/mol. The fourth-order valence-electron chi connectivity index (χ4n) is 5.11. The van der Waals surface area contributed by atoms with Gasteiger partial charge in [-0.2, -0.15) is 0 Å². The zero-order valence-electron chi connectivity index (χ0n) is 17.9. The Balaban J connectivity index is 1.43. The van der Waals surface area contributed by atoms with Crippen molar-refractivity contribution < 1.29 is 28.4 Å². The van der Waals surface area contributed by atoms with Crippen LogP contribution in [0.5, 0.6) is 0 Å². The monoisotopic (exact) mass is 457 g/mol. The fraction of sp³-hybridized carbons (Fsp3) is 0.500. The maximum Gasteiger partial charge on any atom is 0.262 e. The molecule has 0 spiro atoms. The van der Waals surface area contributed by atoms with Crippen LogP contribution in [0.1, 0.15) is 46.4 Å². The first kappa shape index (κ1) is 21.5. The number of halogens is 1. The molecule has 1 aromatic rings. The highest BCUT2D eigenvalue weighted by molar-refractivity contribution is 6.23. The number of carbonyl (C=O) groups is 5. The summed E-state index contributed by atoms with van der Waals surface area (Å²) >= 11 is 0. The predicted molar refractivity (Wildman–Crippen MR) is 113 cm³/mol. The van der Waals surface area contributed by atoms with Crippen molar-refractivity contribution in [2.45, 2.75) is 37.8 Å². The van der Waals surface area contributed by atoms with Gasteiger partial charge in [0.05, 0.1) is 16.8 Å². The molecule has 2 atom stereocenters. The first-order chi connectivity index (χ1) is 15.9. The number of rotatable bonds is 3. The molecule has 174 valence electrons. The lowest BCUT2D eigenvalue weighted by atomic mass is 10.0. The van der Waals surface area contributed by atoms with Crippen molar-refractivity contribution in [1.82, 2.24) is 20.4 Å². The lowest BCUT2D eigenvalue weighted by Crippen LogP contribution is -2.54. The van der Waals surface area contributed by atoms with Crippen LogP contribution < -0.4 is 15.5 Å². The first-order valence-electron chi connectivity index (χ1n) is 11.2. The summed E-state index contributed by atoms with van der Waals surface area (Å²) in [5.41, 5.74) is -0.0116. The van der Waals surface area contributed by atoms with E-state index in [1.165, 1.54) is 6.07 Å². The Morgan fingerprint density at radius 2 is 1.67 bits per heavy atom. The van der Waals surface area contributed by atoms with Crippen molar-refractivity contribution in [1.29, 1.82) is 0 Å². The normalized spacial score (nSPS) is 25.5. The summed E-state index contributed by atoms with van der Waals surface area (Å²) in [6.07, 6.45) is 1.31. The molecule has 0 aliphatic carbocycles. The van der Waals surface area contributed by atoms with Gasteiger partial charge >= 0.3 is 0 Å². The highest BCUT2D eigenvalue weighted by Crippen LogP contribution is 2.35. The number of amides is 5. The highest BCUT2D eigenvalue weighted by Gasteiger charge is 2.46. The minimum atomic E-state index is -1.12. The molecule has 11 heteroatoms. The number of piperidine rings is 1. The molecule has 5 amide bonds. The maximum atomic E-state index is 15.2. The molecule has 3 saturated heterocycles. The number of carbonyl (C=O) groups excluding carboxylic acids is 5.